The van der Waals surface area contributed by atoms with Gasteiger partial charge >= 0.3 is 0 Å². The van der Waals surface area contributed by atoms with E-state index in [4.69, 9.17) is 0 Å². The molecule has 0 unspecified atom stereocenters. The fraction of sp³-hybridized carbons (Fsp3) is 0.667. The summed E-state index contributed by atoms with van der Waals surface area (Å²) in [6.07, 6.45) is 4.03. The first-order chi connectivity index (χ1) is 12.3. The highest BCUT2D eigenvalue weighted by atomic mass is 16.2. The number of aromatic amines is 1. The van der Waals surface area contributed by atoms with Crippen LogP contribution in [-0.2, 0) is 10.3 Å². The average Bonchev–Trinajstić information content (AvgIpc) is 3.04. The Kier molecular flexibility index (Phi) is 5.02. The van der Waals surface area contributed by atoms with Gasteiger partial charge in [-0.3, -0.25) is 14.6 Å². The van der Waals surface area contributed by atoms with E-state index >= 15 is 0 Å². The standard InChI is InChI=1S/C18H28N6O2/c1-5-8-19-15(25)12-6-9-23(10-7-12)17-21-14-13(16(26)22-17)11-20-24(14)18(2,3)4/h11-12H,5-10H2,1-4H3,(H,19,25)(H,21,22,26). The molecule has 3 heterocycles. The lowest BCUT2D eigenvalue weighted by molar-refractivity contribution is -0.125. The van der Waals surface area contributed by atoms with Gasteiger partial charge in [0.1, 0.15) is 5.39 Å². The molecule has 2 N–H and O–H groups in total. The van der Waals surface area contributed by atoms with Crippen molar-refractivity contribution in [3.05, 3.63) is 16.6 Å². The second-order valence-corrected chi connectivity index (χ2v) is 7.91. The van der Waals surface area contributed by atoms with Crippen LogP contribution in [0.5, 0.6) is 0 Å². The maximum absolute atomic E-state index is 12.4. The van der Waals surface area contributed by atoms with E-state index in [2.05, 4.69) is 20.4 Å². The van der Waals surface area contributed by atoms with Crippen molar-refractivity contribution < 1.29 is 4.79 Å². The molecule has 26 heavy (non-hydrogen) atoms. The Morgan fingerprint density at radius 3 is 2.65 bits per heavy atom. The van der Waals surface area contributed by atoms with Crippen LogP contribution in [0.25, 0.3) is 11.0 Å². The zero-order valence-corrected chi connectivity index (χ0v) is 16.0. The molecule has 1 amide bonds. The minimum Gasteiger partial charge on any atom is -0.356 e. The van der Waals surface area contributed by atoms with E-state index in [1.807, 2.05) is 32.6 Å². The van der Waals surface area contributed by atoms with Crippen LogP contribution in [-0.4, -0.2) is 45.3 Å². The number of rotatable bonds is 4. The summed E-state index contributed by atoms with van der Waals surface area (Å²) in [6, 6.07) is 0. The number of piperidine rings is 1. The summed E-state index contributed by atoms with van der Waals surface area (Å²) >= 11 is 0. The Balaban J connectivity index is 1.79. The number of fused-ring (bicyclic) bond motifs is 1. The van der Waals surface area contributed by atoms with Gasteiger partial charge in [0.2, 0.25) is 11.9 Å². The van der Waals surface area contributed by atoms with Crippen LogP contribution in [0.2, 0.25) is 0 Å². The van der Waals surface area contributed by atoms with Crippen LogP contribution < -0.4 is 15.8 Å². The van der Waals surface area contributed by atoms with Crippen molar-refractivity contribution in [1.82, 2.24) is 25.1 Å². The van der Waals surface area contributed by atoms with Crippen molar-refractivity contribution in [2.75, 3.05) is 24.5 Å². The number of hydrogen-bond donors (Lipinski definition) is 2. The van der Waals surface area contributed by atoms with Crippen molar-refractivity contribution in [3.8, 4) is 0 Å². The first-order valence-electron chi connectivity index (χ1n) is 9.32. The number of nitrogens with one attached hydrogen (secondary N) is 2. The Morgan fingerprint density at radius 2 is 2.04 bits per heavy atom. The van der Waals surface area contributed by atoms with Crippen LogP contribution in [0.15, 0.2) is 11.0 Å². The van der Waals surface area contributed by atoms with Gasteiger partial charge in [-0.05, 0) is 40.0 Å². The maximum Gasteiger partial charge on any atom is 0.263 e. The third-order valence-electron chi connectivity index (χ3n) is 4.78. The molecule has 8 heteroatoms. The third-order valence-corrected chi connectivity index (χ3v) is 4.78. The number of anilines is 1. The molecule has 0 aliphatic carbocycles. The molecule has 142 valence electrons. The van der Waals surface area contributed by atoms with E-state index in [-0.39, 0.29) is 22.9 Å². The van der Waals surface area contributed by atoms with E-state index in [9.17, 15) is 9.59 Å². The number of aromatic nitrogens is 4. The third kappa shape index (κ3) is 3.59. The molecular weight excluding hydrogens is 332 g/mol. The maximum atomic E-state index is 12.4. The first kappa shape index (κ1) is 18.4. The Morgan fingerprint density at radius 1 is 1.35 bits per heavy atom. The van der Waals surface area contributed by atoms with Crippen molar-refractivity contribution in [2.45, 2.75) is 52.5 Å². The molecule has 3 rings (SSSR count). The predicted molar refractivity (Wildman–Crippen MR) is 101 cm³/mol. The quantitative estimate of drug-likeness (QED) is 0.864. The summed E-state index contributed by atoms with van der Waals surface area (Å²) in [5, 5.41) is 7.81. The normalized spacial score (nSPS) is 16.2. The highest BCUT2D eigenvalue weighted by Crippen LogP contribution is 2.23. The second-order valence-electron chi connectivity index (χ2n) is 7.91. The number of H-pyrrole nitrogens is 1. The van der Waals surface area contributed by atoms with E-state index < -0.39 is 0 Å². The Hall–Kier alpha value is -2.38. The molecule has 1 fully saturated rings. The number of hydrogen-bond acceptors (Lipinski definition) is 5. The molecule has 0 aromatic carbocycles. The van der Waals surface area contributed by atoms with Crippen LogP contribution in [0, 0.1) is 5.92 Å². The molecular formula is C18H28N6O2. The minimum atomic E-state index is -0.260. The zero-order valence-electron chi connectivity index (χ0n) is 16.0. The molecule has 0 saturated carbocycles. The summed E-state index contributed by atoms with van der Waals surface area (Å²) in [4.78, 5) is 34.2. The molecule has 0 spiro atoms. The van der Waals surface area contributed by atoms with Gasteiger partial charge in [-0.1, -0.05) is 6.92 Å². The molecule has 1 aliphatic rings. The van der Waals surface area contributed by atoms with E-state index in [1.54, 1.807) is 10.9 Å². The molecule has 2 aromatic heterocycles. The SMILES string of the molecule is CCCNC(=O)C1CCN(c2nc3c(cnn3C(C)(C)C)c(=O)[nH]2)CC1. The summed E-state index contributed by atoms with van der Waals surface area (Å²) in [5.74, 6) is 0.725. The number of carbonyl (C=O) groups is 1. The number of amides is 1. The first-order valence-corrected chi connectivity index (χ1v) is 9.32. The monoisotopic (exact) mass is 360 g/mol. The Labute approximate surface area is 153 Å². The van der Waals surface area contributed by atoms with Crippen molar-refractivity contribution >= 4 is 22.9 Å². The van der Waals surface area contributed by atoms with Crippen LogP contribution in [0.1, 0.15) is 47.0 Å². The van der Waals surface area contributed by atoms with Crippen LogP contribution in [0.3, 0.4) is 0 Å². The second kappa shape index (κ2) is 7.09. The lowest BCUT2D eigenvalue weighted by atomic mass is 9.96. The van der Waals surface area contributed by atoms with Crippen LogP contribution in [0.4, 0.5) is 5.95 Å². The molecule has 1 aliphatic heterocycles. The smallest absolute Gasteiger partial charge is 0.263 e. The molecule has 2 aromatic rings. The topological polar surface area (TPSA) is 95.9 Å². The molecule has 0 atom stereocenters. The fourth-order valence-corrected chi connectivity index (χ4v) is 3.29. The van der Waals surface area contributed by atoms with E-state index in [1.165, 1.54) is 0 Å². The molecule has 0 bridgehead atoms. The summed E-state index contributed by atoms with van der Waals surface area (Å²) in [6.45, 7) is 10.3. The molecule has 1 saturated heterocycles. The largest absolute Gasteiger partial charge is 0.356 e. The van der Waals surface area contributed by atoms with Crippen molar-refractivity contribution in [3.63, 3.8) is 0 Å². The van der Waals surface area contributed by atoms with Gasteiger partial charge in [0, 0.05) is 25.6 Å². The highest BCUT2D eigenvalue weighted by Gasteiger charge is 2.27. The highest BCUT2D eigenvalue weighted by molar-refractivity contribution is 5.79. The van der Waals surface area contributed by atoms with Gasteiger partial charge in [-0.2, -0.15) is 10.1 Å². The predicted octanol–water partition coefficient (Wildman–Crippen LogP) is 1.62. The van der Waals surface area contributed by atoms with Gasteiger partial charge in [0.05, 0.1) is 11.7 Å². The zero-order chi connectivity index (χ0) is 18.9. The number of nitrogens with zero attached hydrogens (tertiary/aromatic N) is 4. The van der Waals surface area contributed by atoms with E-state index in [0.29, 0.717) is 30.1 Å². The van der Waals surface area contributed by atoms with Gasteiger partial charge < -0.3 is 10.2 Å². The summed E-state index contributed by atoms with van der Waals surface area (Å²) in [5.41, 5.74) is 0.159. The lowest BCUT2D eigenvalue weighted by Crippen LogP contribution is -2.41. The Bertz CT molecular complexity index is 839. The molecule has 8 nitrogen and oxygen atoms in total. The van der Waals surface area contributed by atoms with Gasteiger partial charge in [0.15, 0.2) is 5.65 Å². The average molecular weight is 360 g/mol. The molecule has 0 radical (unpaired) electrons. The fourth-order valence-electron chi connectivity index (χ4n) is 3.29. The summed E-state index contributed by atoms with van der Waals surface area (Å²) < 4.78 is 1.78. The van der Waals surface area contributed by atoms with Gasteiger partial charge in [0.25, 0.3) is 5.56 Å². The van der Waals surface area contributed by atoms with Gasteiger partial charge in [-0.15, -0.1) is 0 Å². The van der Waals surface area contributed by atoms with Crippen molar-refractivity contribution in [1.29, 1.82) is 0 Å². The van der Waals surface area contributed by atoms with Crippen LogP contribution >= 0.6 is 0 Å². The van der Waals surface area contributed by atoms with Gasteiger partial charge in [-0.25, -0.2) is 4.68 Å². The number of carbonyl (C=O) groups excluding carboxylic acids is 1. The minimum absolute atomic E-state index is 0.0355. The lowest BCUT2D eigenvalue weighted by Gasteiger charge is -2.31. The summed E-state index contributed by atoms with van der Waals surface area (Å²) in [7, 11) is 0. The van der Waals surface area contributed by atoms with Crippen molar-refractivity contribution in [2.24, 2.45) is 5.92 Å². The van der Waals surface area contributed by atoms with E-state index in [0.717, 1.165) is 25.8 Å².